The van der Waals surface area contributed by atoms with Crippen molar-refractivity contribution in [2.45, 2.75) is 6.10 Å². The molecule has 1 atom stereocenters. The molecule has 0 aliphatic carbocycles. The van der Waals surface area contributed by atoms with Crippen LogP contribution in [0.15, 0.2) is 48.5 Å². The Morgan fingerprint density at radius 1 is 0.950 bits per heavy atom. The number of anilines is 1. The van der Waals surface area contributed by atoms with Gasteiger partial charge in [-0.05, 0) is 48.5 Å². The number of rotatable bonds is 6. The summed E-state index contributed by atoms with van der Waals surface area (Å²) in [5, 5.41) is 12.7. The van der Waals surface area contributed by atoms with Crippen molar-refractivity contribution in [1.82, 2.24) is 0 Å². The van der Waals surface area contributed by atoms with Gasteiger partial charge in [-0.15, -0.1) is 0 Å². The van der Waals surface area contributed by atoms with E-state index in [1.807, 2.05) is 0 Å². The van der Waals surface area contributed by atoms with Crippen LogP contribution in [0.5, 0.6) is 5.75 Å². The molecule has 0 aliphatic heterocycles. The molecule has 0 spiro atoms. The van der Waals surface area contributed by atoms with Gasteiger partial charge in [-0.25, -0.2) is 8.78 Å². The molecule has 0 saturated carbocycles. The molecule has 0 fully saturated rings. The van der Waals surface area contributed by atoms with Gasteiger partial charge >= 0.3 is 0 Å². The van der Waals surface area contributed by atoms with E-state index in [1.54, 1.807) is 12.1 Å². The van der Waals surface area contributed by atoms with Crippen LogP contribution in [0.2, 0.25) is 0 Å². The molecule has 0 heterocycles. The first kappa shape index (κ1) is 14.3. The van der Waals surface area contributed by atoms with Crippen molar-refractivity contribution in [3.05, 3.63) is 60.2 Å². The lowest BCUT2D eigenvalue weighted by molar-refractivity contribution is 0.117. The lowest BCUT2D eigenvalue weighted by atomic mass is 10.3. The molecule has 3 nitrogen and oxygen atoms in total. The maximum atomic E-state index is 12.7. The second-order valence-corrected chi connectivity index (χ2v) is 4.31. The fourth-order valence-corrected chi connectivity index (χ4v) is 1.59. The number of benzene rings is 2. The first-order valence-corrected chi connectivity index (χ1v) is 6.19. The first-order valence-electron chi connectivity index (χ1n) is 6.19. The van der Waals surface area contributed by atoms with Gasteiger partial charge in [0.25, 0.3) is 0 Å². The molecule has 0 aliphatic rings. The average molecular weight is 279 g/mol. The molecular formula is C15H15F2NO2. The normalized spacial score (nSPS) is 11.9. The molecule has 1 unspecified atom stereocenters. The van der Waals surface area contributed by atoms with E-state index in [0.717, 1.165) is 0 Å². The molecule has 20 heavy (non-hydrogen) atoms. The van der Waals surface area contributed by atoms with Gasteiger partial charge < -0.3 is 15.2 Å². The summed E-state index contributed by atoms with van der Waals surface area (Å²) >= 11 is 0. The standard InChI is InChI=1S/C15H15F2NO2/c16-11-1-5-13(6-2-11)18-9-14(19)10-20-15-7-3-12(17)4-8-15/h1-8,14,18-19H,9-10H2. The molecule has 0 amide bonds. The minimum absolute atomic E-state index is 0.0832. The summed E-state index contributed by atoms with van der Waals surface area (Å²) in [5.41, 5.74) is 0.715. The lowest BCUT2D eigenvalue weighted by Crippen LogP contribution is -2.26. The van der Waals surface area contributed by atoms with Gasteiger partial charge in [-0.1, -0.05) is 0 Å². The monoisotopic (exact) mass is 279 g/mol. The highest BCUT2D eigenvalue weighted by Gasteiger charge is 2.05. The summed E-state index contributed by atoms with van der Waals surface area (Å²) in [5.74, 6) is -0.154. The Morgan fingerprint density at radius 3 is 2.10 bits per heavy atom. The summed E-state index contributed by atoms with van der Waals surface area (Å²) in [7, 11) is 0. The molecule has 2 aromatic carbocycles. The molecule has 0 aromatic heterocycles. The highest BCUT2D eigenvalue weighted by Crippen LogP contribution is 2.12. The molecule has 5 heteroatoms. The van der Waals surface area contributed by atoms with Crippen LogP contribution in [0.1, 0.15) is 0 Å². The third-order valence-corrected chi connectivity index (χ3v) is 2.64. The Kier molecular flexibility index (Phi) is 4.90. The van der Waals surface area contributed by atoms with Crippen LogP contribution >= 0.6 is 0 Å². The fraction of sp³-hybridized carbons (Fsp3) is 0.200. The number of ether oxygens (including phenoxy) is 1. The smallest absolute Gasteiger partial charge is 0.123 e. The van der Waals surface area contributed by atoms with Crippen molar-refractivity contribution in [1.29, 1.82) is 0 Å². The summed E-state index contributed by atoms with van der Waals surface area (Å²) in [6.45, 7) is 0.354. The number of aliphatic hydroxyl groups excluding tert-OH is 1. The van der Waals surface area contributed by atoms with Gasteiger partial charge in [-0.2, -0.15) is 0 Å². The van der Waals surface area contributed by atoms with Crippen LogP contribution in [0, 0.1) is 11.6 Å². The fourth-order valence-electron chi connectivity index (χ4n) is 1.59. The Balaban J connectivity index is 1.73. The molecule has 0 saturated heterocycles. The van der Waals surface area contributed by atoms with Crippen LogP contribution in [-0.4, -0.2) is 24.4 Å². The summed E-state index contributed by atoms with van der Waals surface area (Å²) in [6, 6.07) is 11.4. The topological polar surface area (TPSA) is 41.5 Å². The van der Waals surface area contributed by atoms with Gasteiger partial charge in [0.2, 0.25) is 0 Å². The van der Waals surface area contributed by atoms with E-state index in [1.165, 1.54) is 36.4 Å². The lowest BCUT2D eigenvalue weighted by Gasteiger charge is -2.14. The van der Waals surface area contributed by atoms with E-state index in [9.17, 15) is 13.9 Å². The zero-order valence-electron chi connectivity index (χ0n) is 10.7. The third kappa shape index (κ3) is 4.51. The minimum atomic E-state index is -0.731. The maximum absolute atomic E-state index is 12.7. The second kappa shape index (κ2) is 6.86. The first-order chi connectivity index (χ1) is 9.63. The van der Waals surface area contributed by atoms with E-state index in [4.69, 9.17) is 4.74 Å². The zero-order valence-corrected chi connectivity index (χ0v) is 10.7. The van der Waals surface area contributed by atoms with Crippen molar-refractivity contribution in [2.75, 3.05) is 18.5 Å². The van der Waals surface area contributed by atoms with Crippen molar-refractivity contribution < 1.29 is 18.6 Å². The van der Waals surface area contributed by atoms with E-state index in [-0.39, 0.29) is 24.8 Å². The Morgan fingerprint density at radius 2 is 1.50 bits per heavy atom. The summed E-state index contributed by atoms with van der Waals surface area (Å²) < 4.78 is 30.7. The van der Waals surface area contributed by atoms with Crippen LogP contribution in [0.4, 0.5) is 14.5 Å². The third-order valence-electron chi connectivity index (χ3n) is 2.64. The molecule has 2 N–H and O–H groups in total. The number of hydrogen-bond donors (Lipinski definition) is 2. The number of aliphatic hydroxyl groups is 1. The predicted molar refractivity (Wildman–Crippen MR) is 72.8 cm³/mol. The van der Waals surface area contributed by atoms with Crippen LogP contribution < -0.4 is 10.1 Å². The average Bonchev–Trinajstić information content (AvgIpc) is 2.46. The van der Waals surface area contributed by atoms with Crippen molar-refractivity contribution in [3.63, 3.8) is 0 Å². The summed E-state index contributed by atoms with van der Waals surface area (Å²) in [6.07, 6.45) is -0.731. The van der Waals surface area contributed by atoms with E-state index < -0.39 is 6.10 Å². The molecule has 2 rings (SSSR count). The number of nitrogens with one attached hydrogen (secondary N) is 1. The van der Waals surface area contributed by atoms with Gasteiger partial charge in [0.1, 0.15) is 30.1 Å². The van der Waals surface area contributed by atoms with Gasteiger partial charge in [0.15, 0.2) is 0 Å². The quantitative estimate of drug-likeness (QED) is 0.854. The van der Waals surface area contributed by atoms with Crippen molar-refractivity contribution in [3.8, 4) is 5.75 Å². The predicted octanol–water partition coefficient (Wildman–Crippen LogP) is 2.82. The van der Waals surface area contributed by atoms with Crippen molar-refractivity contribution >= 4 is 5.69 Å². The largest absolute Gasteiger partial charge is 0.491 e. The van der Waals surface area contributed by atoms with Gasteiger partial charge in [0, 0.05) is 12.2 Å². The van der Waals surface area contributed by atoms with E-state index in [0.29, 0.717) is 11.4 Å². The molecule has 0 radical (unpaired) electrons. The van der Waals surface area contributed by atoms with E-state index >= 15 is 0 Å². The Bertz CT molecular complexity index is 479. The van der Waals surface area contributed by atoms with Crippen LogP contribution in [0.25, 0.3) is 0 Å². The van der Waals surface area contributed by atoms with Crippen LogP contribution in [0.3, 0.4) is 0 Å². The van der Waals surface area contributed by atoms with Crippen molar-refractivity contribution in [2.24, 2.45) is 0 Å². The molecular weight excluding hydrogens is 264 g/mol. The highest BCUT2D eigenvalue weighted by atomic mass is 19.1. The van der Waals surface area contributed by atoms with E-state index in [2.05, 4.69) is 5.32 Å². The second-order valence-electron chi connectivity index (χ2n) is 4.31. The SMILES string of the molecule is OC(CNc1ccc(F)cc1)COc1ccc(F)cc1. The maximum Gasteiger partial charge on any atom is 0.123 e. The highest BCUT2D eigenvalue weighted by molar-refractivity contribution is 5.42. The molecule has 106 valence electrons. The Hall–Kier alpha value is -2.14. The molecule has 0 bridgehead atoms. The van der Waals surface area contributed by atoms with Gasteiger partial charge in [0.05, 0.1) is 0 Å². The summed E-state index contributed by atoms with van der Waals surface area (Å²) in [4.78, 5) is 0. The Labute approximate surface area is 115 Å². The van der Waals surface area contributed by atoms with Crippen LogP contribution in [-0.2, 0) is 0 Å². The molecule has 2 aromatic rings. The number of halogens is 2. The zero-order chi connectivity index (χ0) is 14.4. The van der Waals surface area contributed by atoms with Gasteiger partial charge in [-0.3, -0.25) is 0 Å². The number of hydrogen-bond acceptors (Lipinski definition) is 3. The minimum Gasteiger partial charge on any atom is -0.491 e.